The van der Waals surface area contributed by atoms with Crippen molar-refractivity contribution in [3.63, 3.8) is 0 Å². The van der Waals surface area contributed by atoms with Gasteiger partial charge in [0, 0.05) is 12.0 Å². The van der Waals surface area contributed by atoms with E-state index in [1.54, 1.807) is 0 Å². The Morgan fingerprint density at radius 1 is 0.742 bits per heavy atom. The van der Waals surface area contributed by atoms with Crippen LogP contribution in [0.1, 0.15) is 180 Å². The molecule has 332 valence electrons. The summed E-state index contributed by atoms with van der Waals surface area (Å²) in [6.07, 6.45) is 19.3. The fourth-order valence-electron chi connectivity index (χ4n) is 10.1. The van der Waals surface area contributed by atoms with Gasteiger partial charge in [0.05, 0.1) is 13.7 Å². The Kier molecular flexibility index (Phi) is 17.3. The predicted molar refractivity (Wildman–Crippen MR) is 250 cm³/mol. The number of fused-ring (bicyclic) bond motifs is 7. The first-order valence-corrected chi connectivity index (χ1v) is 23.4. The van der Waals surface area contributed by atoms with Gasteiger partial charge in [-0.2, -0.15) is 11.4 Å². The fourth-order valence-corrected chi connectivity index (χ4v) is 10.1. The summed E-state index contributed by atoms with van der Waals surface area (Å²) in [5, 5.41) is 6.94. The maximum absolute atomic E-state index is 14.4. The summed E-state index contributed by atoms with van der Waals surface area (Å²) in [5.74, 6) is -0.787. The number of hydrogen-bond acceptors (Lipinski definition) is 5. The molecule has 3 aromatic heterocycles. The molecule has 1 unspecified atom stereocenters. The van der Waals surface area contributed by atoms with E-state index < -0.39 is 11.9 Å². The molecule has 0 N–H and O–H groups in total. The Labute approximate surface area is 387 Å². The number of carbonyl (C=O) groups is 3. The van der Waals surface area contributed by atoms with Crippen LogP contribution in [0.15, 0.2) is 11.4 Å². The molecule has 1 aliphatic carbocycles. The van der Waals surface area contributed by atoms with Gasteiger partial charge in [0.15, 0.2) is 5.78 Å². The van der Waals surface area contributed by atoms with Crippen LogP contribution in [-0.4, -0.2) is 54.5 Å². The molecular formula is C52H70MgN4O5-2. The van der Waals surface area contributed by atoms with Gasteiger partial charge in [0.25, 0.3) is 0 Å². The molecule has 6 atom stereocenters. The van der Waals surface area contributed by atoms with Crippen molar-refractivity contribution in [2.75, 3.05) is 13.7 Å². The Morgan fingerprint density at radius 2 is 1.35 bits per heavy atom. The van der Waals surface area contributed by atoms with Gasteiger partial charge in [-0.1, -0.05) is 151 Å². The summed E-state index contributed by atoms with van der Waals surface area (Å²) < 4.78 is 11.1. The molecule has 5 heterocycles. The normalized spacial score (nSPS) is 22.3. The summed E-state index contributed by atoms with van der Waals surface area (Å²) in [6, 6.07) is 0. The van der Waals surface area contributed by atoms with E-state index in [4.69, 9.17) is 29.7 Å². The average molecular weight is 855 g/mol. The van der Waals surface area contributed by atoms with E-state index in [1.165, 1.54) is 52.1 Å². The SMILES string of the molecule is CCC[C@@H](C)CCC[C@@H](C)CCCC(C)CCOC(=O)CC[C@@H]1/C2=C3/c4[n-]c(c(C)c4C(=O)[C@@H]3C(=O)OC)/C=c3\[n-]/c(c(C)c3CC)=C\c3[n-]c(c(C)c3CC)/C=C(\[N-]2)[C@H]1C.[Mg+2]. The molecule has 2 aliphatic heterocycles. The molecule has 1 fully saturated rings. The molecule has 0 aromatic carbocycles. The van der Waals surface area contributed by atoms with Gasteiger partial charge in [-0.15, -0.1) is 33.5 Å². The van der Waals surface area contributed by atoms with Crippen LogP contribution in [0, 0.1) is 56.3 Å². The third-order valence-electron chi connectivity index (χ3n) is 14.1. The van der Waals surface area contributed by atoms with Gasteiger partial charge in [-0.25, -0.2) is 0 Å². The number of hydrogen-bond donors (Lipinski definition) is 0. The fraction of sp³-hybridized carbons (Fsp3) is 0.596. The molecule has 0 radical (unpaired) electrons. The minimum absolute atomic E-state index is 0. The van der Waals surface area contributed by atoms with E-state index in [2.05, 4.69) is 68.4 Å². The molecule has 3 aromatic rings. The number of allylic oxidation sites excluding steroid dienone is 2. The number of rotatable bonds is 19. The molecule has 0 spiro atoms. The Balaban J connectivity index is 0.00000726. The van der Waals surface area contributed by atoms with Gasteiger partial charge in [-0.3, -0.25) is 14.4 Å². The van der Waals surface area contributed by atoms with Gasteiger partial charge in [0.1, 0.15) is 5.92 Å². The van der Waals surface area contributed by atoms with Crippen molar-refractivity contribution in [3.05, 3.63) is 83.6 Å². The molecular weight excluding hydrogens is 785 g/mol. The third-order valence-corrected chi connectivity index (χ3v) is 14.1. The van der Waals surface area contributed by atoms with Crippen LogP contribution in [0.2, 0.25) is 0 Å². The molecule has 1 saturated heterocycles. The molecule has 62 heavy (non-hydrogen) atoms. The molecule has 3 aliphatic rings. The van der Waals surface area contributed by atoms with E-state index in [9.17, 15) is 14.4 Å². The van der Waals surface area contributed by atoms with Gasteiger partial charge >= 0.3 is 35.0 Å². The summed E-state index contributed by atoms with van der Waals surface area (Å²) in [5.41, 5.74) is 10.3. The second-order valence-electron chi connectivity index (χ2n) is 18.5. The van der Waals surface area contributed by atoms with E-state index in [0.29, 0.717) is 52.7 Å². The average Bonchev–Trinajstić information content (AvgIpc) is 3.97. The molecule has 6 rings (SSSR count). The Bertz CT molecular complexity index is 2290. The van der Waals surface area contributed by atoms with Gasteiger partial charge < -0.3 is 29.7 Å². The maximum atomic E-state index is 14.4. The zero-order valence-corrected chi connectivity index (χ0v) is 41.0. The van der Waals surface area contributed by atoms with Crippen molar-refractivity contribution in [1.29, 1.82) is 0 Å². The standard InChI is InChI=1S/C52H71N4O5.Mg/c1-12-17-29(4)18-15-19-30(5)20-16-21-31(6)24-25-61-45(57)23-22-38-34(9)41-26-39-32(7)36(13-2)43(53-39)27-40-33(8)37(14-3)44(54-40)28-42-35(10)46-50(56-42)47(49(38)55-41)48(51(46)58)52(59)60-11;/h26-31,34,38,48H,12-25H2,1-11H3,(H-,55,56,58);/q-3;+2/p-1/b40-27-,41-26-,44-28-;/t29-,30-,31?,34+,38+,48-;/m1./s1. The number of methoxy groups -OCH3 is 1. The smallest absolute Gasteiger partial charge is 0.664 e. The second kappa shape index (κ2) is 21.7. The topological polar surface area (TPSA) is 126 Å². The van der Waals surface area contributed by atoms with E-state index >= 15 is 0 Å². The van der Waals surface area contributed by atoms with Crippen molar-refractivity contribution in [2.24, 2.45) is 35.5 Å². The quantitative estimate of drug-likeness (QED) is 0.0664. The van der Waals surface area contributed by atoms with Gasteiger partial charge in [0.2, 0.25) is 0 Å². The number of esters is 2. The number of ether oxygens (including phenoxy) is 2. The number of nitrogens with zero attached hydrogens (tertiary/aromatic N) is 4. The molecule has 9 nitrogen and oxygen atoms in total. The first-order chi connectivity index (χ1) is 29.2. The van der Waals surface area contributed by atoms with Crippen molar-refractivity contribution in [2.45, 2.75) is 153 Å². The zero-order valence-electron chi connectivity index (χ0n) is 39.6. The second-order valence-corrected chi connectivity index (χ2v) is 18.5. The third kappa shape index (κ3) is 10.4. The summed E-state index contributed by atoms with van der Waals surface area (Å²) in [6.45, 7) is 22.1. The number of Topliss-reactive ketones (excluding diaryl/α,β-unsaturated/α-hetero) is 1. The minimum atomic E-state index is -1.20. The summed E-state index contributed by atoms with van der Waals surface area (Å²) in [4.78, 5) is 56.7. The first-order valence-electron chi connectivity index (χ1n) is 23.4. The van der Waals surface area contributed by atoms with Gasteiger partial charge in [-0.05, 0) is 76.0 Å². The molecule has 8 bridgehead atoms. The van der Waals surface area contributed by atoms with Crippen LogP contribution in [0.3, 0.4) is 0 Å². The molecule has 10 heteroatoms. The van der Waals surface area contributed by atoms with E-state index in [-0.39, 0.29) is 53.1 Å². The van der Waals surface area contributed by atoms with Crippen molar-refractivity contribution < 1.29 is 23.9 Å². The monoisotopic (exact) mass is 855 g/mol. The van der Waals surface area contributed by atoms with Crippen LogP contribution in [0.5, 0.6) is 0 Å². The van der Waals surface area contributed by atoms with Crippen molar-refractivity contribution >= 4 is 64.6 Å². The largest absolute Gasteiger partial charge is 2.00 e. The van der Waals surface area contributed by atoms with Crippen molar-refractivity contribution in [1.82, 2.24) is 15.0 Å². The van der Waals surface area contributed by atoms with E-state index in [1.807, 2.05) is 19.1 Å². The van der Waals surface area contributed by atoms with Crippen molar-refractivity contribution in [3.8, 4) is 0 Å². The maximum Gasteiger partial charge on any atom is 2.00 e. The number of carbonyl (C=O) groups excluding carboxylic acids is 3. The van der Waals surface area contributed by atoms with E-state index in [0.717, 1.165) is 87.6 Å². The summed E-state index contributed by atoms with van der Waals surface area (Å²) in [7, 11) is 1.31. The predicted octanol–water partition coefficient (Wildman–Crippen LogP) is 9.34. The number of aromatic nitrogens is 3. The zero-order chi connectivity index (χ0) is 44.1. The number of ketones is 1. The van der Waals surface area contributed by atoms with Crippen LogP contribution in [-0.2, 0) is 31.9 Å². The molecule has 0 saturated carbocycles. The summed E-state index contributed by atoms with van der Waals surface area (Å²) >= 11 is 0. The van der Waals surface area contributed by atoms with Crippen LogP contribution in [0.4, 0.5) is 0 Å². The van der Waals surface area contributed by atoms with Crippen LogP contribution in [0.25, 0.3) is 29.1 Å². The first kappa shape index (κ1) is 49.3. The molecule has 0 amide bonds. The minimum Gasteiger partial charge on any atom is -0.664 e. The Hall–Kier alpha value is -3.76. The van der Waals surface area contributed by atoms with Crippen LogP contribution >= 0.6 is 0 Å². The Morgan fingerprint density at radius 3 is 1.98 bits per heavy atom. The van der Waals surface area contributed by atoms with Crippen LogP contribution < -0.4 is 25.7 Å².